The van der Waals surface area contributed by atoms with Crippen LogP contribution in [0.25, 0.3) is 0 Å². The Morgan fingerprint density at radius 3 is 2.53 bits per heavy atom. The van der Waals surface area contributed by atoms with E-state index in [4.69, 9.17) is 9.47 Å². The Hall–Kier alpha value is -2.26. The molecule has 0 radical (unpaired) electrons. The molecule has 2 aromatic carbocycles. The summed E-state index contributed by atoms with van der Waals surface area (Å²) in [5.41, 5.74) is 3.24. The lowest BCUT2D eigenvalue weighted by molar-refractivity contribution is -0.116. The largest absolute Gasteiger partial charge is 0.379 e. The summed E-state index contributed by atoms with van der Waals surface area (Å²) in [6.45, 7) is 7.74. The van der Waals surface area contributed by atoms with Gasteiger partial charge in [0.2, 0.25) is 15.9 Å². The summed E-state index contributed by atoms with van der Waals surface area (Å²) in [5.74, 6) is -0.271. The van der Waals surface area contributed by atoms with Crippen LogP contribution in [0.2, 0.25) is 0 Å². The van der Waals surface area contributed by atoms with Crippen LogP contribution in [0.3, 0.4) is 0 Å². The van der Waals surface area contributed by atoms with Crippen LogP contribution in [0.15, 0.2) is 47.4 Å². The SMILES string of the molecule is CCOCCOCc1cccc(NC(=O)CCNS(=O)(=O)c2ccc(C)cc2C)c1. The fourth-order valence-electron chi connectivity index (χ4n) is 2.89. The monoisotopic (exact) mass is 434 g/mol. The number of carbonyl (C=O) groups excluding carboxylic acids is 1. The van der Waals surface area contributed by atoms with E-state index >= 15 is 0 Å². The van der Waals surface area contributed by atoms with E-state index in [1.165, 1.54) is 0 Å². The molecule has 0 aliphatic rings. The zero-order valence-electron chi connectivity index (χ0n) is 17.7. The molecular formula is C22H30N2O5S. The summed E-state index contributed by atoms with van der Waals surface area (Å²) in [4.78, 5) is 12.4. The normalized spacial score (nSPS) is 11.4. The smallest absolute Gasteiger partial charge is 0.240 e. The Morgan fingerprint density at radius 1 is 1.03 bits per heavy atom. The van der Waals surface area contributed by atoms with E-state index in [2.05, 4.69) is 10.0 Å². The van der Waals surface area contributed by atoms with Gasteiger partial charge < -0.3 is 14.8 Å². The number of ether oxygens (including phenoxy) is 2. The molecule has 0 unspecified atom stereocenters. The van der Waals surface area contributed by atoms with E-state index in [0.717, 1.165) is 11.1 Å². The predicted octanol–water partition coefficient (Wildman–Crippen LogP) is 3.16. The highest BCUT2D eigenvalue weighted by Crippen LogP contribution is 2.16. The minimum atomic E-state index is -3.66. The number of amides is 1. The van der Waals surface area contributed by atoms with Crippen LogP contribution in [0, 0.1) is 13.8 Å². The minimum absolute atomic E-state index is 0.0156. The Morgan fingerprint density at radius 2 is 1.80 bits per heavy atom. The molecule has 0 aliphatic carbocycles. The van der Waals surface area contributed by atoms with Crippen molar-refractivity contribution in [3.05, 3.63) is 59.2 Å². The Kier molecular flexibility index (Phi) is 9.45. The predicted molar refractivity (Wildman–Crippen MR) is 117 cm³/mol. The molecule has 2 rings (SSSR count). The third-order valence-corrected chi connectivity index (χ3v) is 5.94. The van der Waals surface area contributed by atoms with E-state index in [0.29, 0.717) is 37.7 Å². The second kappa shape index (κ2) is 11.8. The summed E-state index contributed by atoms with van der Waals surface area (Å²) in [6.07, 6.45) is 0.0270. The van der Waals surface area contributed by atoms with Gasteiger partial charge >= 0.3 is 0 Å². The van der Waals surface area contributed by atoms with E-state index in [1.807, 2.05) is 38.1 Å². The van der Waals surface area contributed by atoms with Crippen molar-refractivity contribution < 1.29 is 22.7 Å². The molecule has 0 atom stereocenters. The van der Waals surface area contributed by atoms with Crippen molar-refractivity contribution in [2.75, 3.05) is 31.7 Å². The standard InChI is InChI=1S/C22H30N2O5S/c1-4-28-12-13-29-16-19-6-5-7-20(15-19)24-22(25)10-11-23-30(26,27)21-9-8-17(2)14-18(21)3/h5-9,14-15,23H,4,10-13,16H2,1-3H3,(H,24,25). The third kappa shape index (κ3) is 7.87. The first-order valence-electron chi connectivity index (χ1n) is 9.93. The van der Waals surface area contributed by atoms with Gasteiger partial charge in [0.1, 0.15) is 0 Å². The van der Waals surface area contributed by atoms with Crippen LogP contribution in [0.4, 0.5) is 5.69 Å². The molecule has 2 N–H and O–H groups in total. The van der Waals surface area contributed by atoms with Crippen LogP contribution < -0.4 is 10.0 Å². The van der Waals surface area contributed by atoms with E-state index in [1.54, 1.807) is 25.1 Å². The van der Waals surface area contributed by atoms with Crippen molar-refractivity contribution in [1.29, 1.82) is 0 Å². The molecule has 0 spiro atoms. The molecule has 30 heavy (non-hydrogen) atoms. The Labute approximate surface area is 178 Å². The molecule has 1 amide bonds. The van der Waals surface area contributed by atoms with Crippen molar-refractivity contribution >= 4 is 21.6 Å². The molecule has 0 aromatic heterocycles. The zero-order valence-corrected chi connectivity index (χ0v) is 18.6. The molecule has 0 saturated carbocycles. The molecule has 0 aliphatic heterocycles. The summed E-state index contributed by atoms with van der Waals surface area (Å²) in [5, 5.41) is 2.78. The second-order valence-corrected chi connectivity index (χ2v) is 8.65. The first-order valence-corrected chi connectivity index (χ1v) is 11.4. The molecule has 7 nitrogen and oxygen atoms in total. The van der Waals surface area contributed by atoms with Gasteiger partial charge in [0.25, 0.3) is 0 Å². The molecule has 8 heteroatoms. The number of rotatable bonds is 12. The van der Waals surface area contributed by atoms with Crippen molar-refractivity contribution in [3.63, 3.8) is 0 Å². The van der Waals surface area contributed by atoms with Gasteiger partial charge in [-0.05, 0) is 50.1 Å². The lowest BCUT2D eigenvalue weighted by Crippen LogP contribution is -2.28. The maximum atomic E-state index is 12.4. The van der Waals surface area contributed by atoms with Gasteiger partial charge in [-0.1, -0.05) is 29.8 Å². The number of nitrogens with one attached hydrogen (secondary N) is 2. The van der Waals surface area contributed by atoms with Crippen LogP contribution in [-0.2, 0) is 30.9 Å². The quantitative estimate of drug-likeness (QED) is 0.501. The lowest BCUT2D eigenvalue weighted by atomic mass is 10.2. The molecule has 0 fully saturated rings. The molecular weight excluding hydrogens is 404 g/mol. The van der Waals surface area contributed by atoms with Crippen molar-refractivity contribution in [2.45, 2.75) is 38.7 Å². The Bertz CT molecular complexity index is 944. The van der Waals surface area contributed by atoms with Gasteiger partial charge in [-0.3, -0.25) is 4.79 Å². The van der Waals surface area contributed by atoms with Gasteiger partial charge in [-0.15, -0.1) is 0 Å². The summed E-state index contributed by atoms with van der Waals surface area (Å²) < 4.78 is 38.1. The highest BCUT2D eigenvalue weighted by atomic mass is 32.2. The van der Waals surface area contributed by atoms with Gasteiger partial charge in [0, 0.05) is 25.3 Å². The molecule has 0 heterocycles. The van der Waals surface area contributed by atoms with Crippen LogP contribution in [0.5, 0.6) is 0 Å². The van der Waals surface area contributed by atoms with Gasteiger partial charge in [0.15, 0.2) is 0 Å². The number of aryl methyl sites for hydroxylation is 2. The second-order valence-electron chi connectivity index (χ2n) is 6.91. The average Bonchev–Trinajstić information content (AvgIpc) is 2.67. The summed E-state index contributed by atoms with van der Waals surface area (Å²) in [7, 11) is -3.66. The molecule has 0 saturated heterocycles. The number of hydrogen-bond donors (Lipinski definition) is 2. The summed E-state index contributed by atoms with van der Waals surface area (Å²) in [6, 6.07) is 12.5. The van der Waals surface area contributed by atoms with Gasteiger partial charge in [-0.2, -0.15) is 0 Å². The average molecular weight is 435 g/mol. The van der Waals surface area contributed by atoms with Crippen molar-refractivity contribution in [3.8, 4) is 0 Å². The maximum Gasteiger partial charge on any atom is 0.240 e. The fraction of sp³-hybridized carbons (Fsp3) is 0.409. The number of anilines is 1. The minimum Gasteiger partial charge on any atom is -0.379 e. The van der Waals surface area contributed by atoms with Crippen LogP contribution in [-0.4, -0.2) is 40.7 Å². The van der Waals surface area contributed by atoms with Crippen molar-refractivity contribution in [1.82, 2.24) is 4.72 Å². The summed E-state index contributed by atoms with van der Waals surface area (Å²) >= 11 is 0. The van der Waals surface area contributed by atoms with E-state index < -0.39 is 10.0 Å². The number of carbonyl (C=O) groups is 1. The van der Waals surface area contributed by atoms with Crippen LogP contribution >= 0.6 is 0 Å². The zero-order chi connectivity index (χ0) is 22.0. The topological polar surface area (TPSA) is 93.7 Å². The number of sulfonamides is 1. The lowest BCUT2D eigenvalue weighted by Gasteiger charge is -2.11. The number of benzene rings is 2. The van der Waals surface area contributed by atoms with Crippen LogP contribution in [0.1, 0.15) is 30.0 Å². The third-order valence-electron chi connectivity index (χ3n) is 4.32. The Balaban J connectivity index is 1.81. The first kappa shape index (κ1) is 24.0. The maximum absolute atomic E-state index is 12.4. The number of hydrogen-bond acceptors (Lipinski definition) is 5. The van der Waals surface area contributed by atoms with E-state index in [-0.39, 0.29) is 23.8 Å². The first-order chi connectivity index (χ1) is 14.3. The van der Waals surface area contributed by atoms with Crippen molar-refractivity contribution in [2.24, 2.45) is 0 Å². The van der Waals surface area contributed by atoms with E-state index in [9.17, 15) is 13.2 Å². The molecule has 0 bridgehead atoms. The molecule has 164 valence electrons. The fourth-order valence-corrected chi connectivity index (χ4v) is 4.15. The molecule has 2 aromatic rings. The van der Waals surface area contributed by atoms with Gasteiger partial charge in [-0.25, -0.2) is 13.1 Å². The highest BCUT2D eigenvalue weighted by Gasteiger charge is 2.16. The highest BCUT2D eigenvalue weighted by molar-refractivity contribution is 7.89. The van der Waals surface area contributed by atoms with Gasteiger partial charge in [0.05, 0.1) is 24.7 Å².